The first kappa shape index (κ1) is 23.4. The van der Waals surface area contributed by atoms with Crippen LogP contribution in [0.1, 0.15) is 47.2 Å². The molecular formula is C25H31N3O5. The van der Waals surface area contributed by atoms with E-state index in [0.29, 0.717) is 40.8 Å². The average molecular weight is 454 g/mol. The van der Waals surface area contributed by atoms with Gasteiger partial charge in [0.15, 0.2) is 0 Å². The Morgan fingerprint density at radius 3 is 2.45 bits per heavy atom. The highest BCUT2D eigenvalue weighted by atomic mass is 16.3. The first-order valence-electron chi connectivity index (χ1n) is 11.4. The molecule has 1 amide bonds. The fraction of sp³-hybridized carbons (Fsp3) is 0.440. The van der Waals surface area contributed by atoms with Crippen LogP contribution in [0.5, 0.6) is 0 Å². The molecule has 8 nitrogen and oxygen atoms in total. The predicted molar refractivity (Wildman–Crippen MR) is 126 cm³/mol. The van der Waals surface area contributed by atoms with Gasteiger partial charge in [0.25, 0.3) is 0 Å². The van der Waals surface area contributed by atoms with Crippen LogP contribution >= 0.6 is 0 Å². The topological polar surface area (TPSA) is 122 Å². The molecule has 176 valence electrons. The van der Waals surface area contributed by atoms with E-state index in [0.717, 1.165) is 42.9 Å². The van der Waals surface area contributed by atoms with Gasteiger partial charge in [0.05, 0.1) is 31.5 Å². The number of benzene rings is 1. The summed E-state index contributed by atoms with van der Waals surface area (Å²) in [4.78, 5) is 27.4. The lowest BCUT2D eigenvalue weighted by Crippen LogP contribution is -2.44. The first-order chi connectivity index (χ1) is 16.0. The smallest absolute Gasteiger partial charge is 0.217 e. The summed E-state index contributed by atoms with van der Waals surface area (Å²) < 4.78 is 0. The Labute approximate surface area is 192 Å². The number of nitrogens with zero attached hydrogens (tertiary/aromatic N) is 1. The highest BCUT2D eigenvalue weighted by molar-refractivity contribution is 5.79. The lowest BCUT2D eigenvalue weighted by Gasteiger charge is -2.28. The molecule has 5 N–H and O–H groups in total. The lowest BCUT2D eigenvalue weighted by molar-refractivity contribution is -0.119. The Bertz CT molecular complexity index is 1110. The number of hydrogen-bond donors (Lipinski definition) is 5. The number of carbonyl (C=O) groups excluding carboxylic acids is 1. The van der Waals surface area contributed by atoms with Crippen LogP contribution in [-0.2, 0) is 31.0 Å². The zero-order chi connectivity index (χ0) is 23.5. The molecule has 2 aromatic rings. The van der Waals surface area contributed by atoms with Crippen molar-refractivity contribution in [3.8, 4) is 11.1 Å². The summed E-state index contributed by atoms with van der Waals surface area (Å²) in [5, 5.41) is 36.4. The number of aliphatic hydroxyl groups excluding tert-OH is 3. The van der Waals surface area contributed by atoms with Gasteiger partial charge in [-0.3, -0.25) is 9.59 Å². The number of aryl methyl sites for hydroxylation is 1. The van der Waals surface area contributed by atoms with E-state index in [1.165, 1.54) is 6.92 Å². The Hall–Kier alpha value is -2.78. The van der Waals surface area contributed by atoms with Crippen LogP contribution in [0.3, 0.4) is 0 Å². The van der Waals surface area contributed by atoms with Crippen molar-refractivity contribution in [3.05, 3.63) is 62.3 Å². The van der Waals surface area contributed by atoms with Gasteiger partial charge in [-0.15, -0.1) is 0 Å². The van der Waals surface area contributed by atoms with Crippen molar-refractivity contribution in [2.45, 2.75) is 45.6 Å². The molecule has 1 fully saturated rings. The van der Waals surface area contributed by atoms with Gasteiger partial charge >= 0.3 is 0 Å². The summed E-state index contributed by atoms with van der Waals surface area (Å²) in [5.74, 6) is -0.187. The first-order valence-corrected chi connectivity index (χ1v) is 11.4. The standard InChI is InChI=1S/C25H31N3O5/c1-15(32)27-22-4-2-16-10-17(12-29)20(13-30)21(14-31)25(16)18-3-5-23(24(33)11-19(18)22)28-8-6-26-7-9-28/h3,5,10-11,22,26,29-31H,2,4,6-9,12-14H2,1H3,(H,27,32). The lowest BCUT2D eigenvalue weighted by atomic mass is 9.87. The molecule has 0 aromatic heterocycles. The van der Waals surface area contributed by atoms with Crippen LogP contribution in [0.4, 0.5) is 5.69 Å². The van der Waals surface area contributed by atoms with Crippen LogP contribution < -0.4 is 21.0 Å². The van der Waals surface area contributed by atoms with Crippen LogP contribution in [0.25, 0.3) is 11.1 Å². The number of anilines is 1. The summed E-state index contributed by atoms with van der Waals surface area (Å²) in [7, 11) is 0. The third-order valence-electron chi connectivity index (χ3n) is 6.65. The Morgan fingerprint density at radius 1 is 1.09 bits per heavy atom. The van der Waals surface area contributed by atoms with Crippen molar-refractivity contribution in [2.24, 2.45) is 0 Å². The van der Waals surface area contributed by atoms with E-state index in [1.807, 2.05) is 18.2 Å². The molecule has 4 rings (SSSR count). The van der Waals surface area contributed by atoms with Gasteiger partial charge < -0.3 is 30.9 Å². The Balaban J connectivity index is 2.00. The highest BCUT2D eigenvalue weighted by Crippen LogP contribution is 2.41. The number of piperazine rings is 1. The zero-order valence-corrected chi connectivity index (χ0v) is 18.9. The molecule has 1 heterocycles. The van der Waals surface area contributed by atoms with Crippen LogP contribution in [0.2, 0.25) is 0 Å². The number of amides is 1. The number of rotatable bonds is 5. The van der Waals surface area contributed by atoms with Crippen molar-refractivity contribution in [1.29, 1.82) is 0 Å². The zero-order valence-electron chi connectivity index (χ0n) is 18.9. The van der Waals surface area contributed by atoms with Crippen LogP contribution in [0, 0.1) is 0 Å². The largest absolute Gasteiger partial charge is 0.392 e. The maximum absolute atomic E-state index is 13.3. The SMILES string of the molecule is CC(=O)NC1CCc2cc(CO)c(CO)c(CO)c2-c2ccc(N3CCNCC3)c(=O)cc21. The predicted octanol–water partition coefficient (Wildman–Crippen LogP) is 0.724. The fourth-order valence-electron chi connectivity index (χ4n) is 5.12. The van der Waals surface area contributed by atoms with E-state index < -0.39 is 0 Å². The molecule has 1 saturated heterocycles. The molecule has 0 radical (unpaired) electrons. The molecular weight excluding hydrogens is 422 g/mol. The summed E-state index contributed by atoms with van der Waals surface area (Å²) in [6.45, 7) is 3.63. The van der Waals surface area contributed by atoms with Crippen molar-refractivity contribution in [3.63, 3.8) is 0 Å². The van der Waals surface area contributed by atoms with Gasteiger partial charge in [0, 0.05) is 33.1 Å². The molecule has 0 bridgehead atoms. The summed E-state index contributed by atoms with van der Waals surface area (Å²) >= 11 is 0. The summed E-state index contributed by atoms with van der Waals surface area (Å²) in [6.07, 6.45) is 1.16. The molecule has 0 saturated carbocycles. The second-order valence-corrected chi connectivity index (χ2v) is 8.63. The Kier molecular flexibility index (Phi) is 7.09. The number of aliphatic hydroxyl groups is 3. The monoisotopic (exact) mass is 453 g/mol. The second kappa shape index (κ2) is 10.0. The minimum Gasteiger partial charge on any atom is -0.392 e. The molecule has 1 aliphatic carbocycles. The molecule has 8 heteroatoms. The maximum Gasteiger partial charge on any atom is 0.217 e. The third kappa shape index (κ3) is 4.52. The van der Waals surface area contributed by atoms with Crippen molar-refractivity contribution >= 4 is 11.6 Å². The molecule has 33 heavy (non-hydrogen) atoms. The van der Waals surface area contributed by atoms with Crippen molar-refractivity contribution in [1.82, 2.24) is 10.6 Å². The van der Waals surface area contributed by atoms with E-state index in [2.05, 4.69) is 15.5 Å². The Morgan fingerprint density at radius 2 is 1.82 bits per heavy atom. The van der Waals surface area contributed by atoms with Gasteiger partial charge in [-0.2, -0.15) is 0 Å². The molecule has 1 atom stereocenters. The second-order valence-electron chi connectivity index (χ2n) is 8.63. The van der Waals surface area contributed by atoms with Gasteiger partial charge in [0.2, 0.25) is 11.3 Å². The fourth-order valence-corrected chi connectivity index (χ4v) is 5.12. The van der Waals surface area contributed by atoms with E-state index in [1.54, 1.807) is 6.07 Å². The number of hydrogen-bond acceptors (Lipinski definition) is 7. The van der Waals surface area contributed by atoms with E-state index in [9.17, 15) is 24.9 Å². The quantitative estimate of drug-likeness (QED) is 0.452. The third-order valence-corrected chi connectivity index (χ3v) is 6.65. The summed E-state index contributed by atoms with van der Waals surface area (Å²) in [5.41, 5.74) is 5.24. The molecule has 2 aliphatic rings. The van der Waals surface area contributed by atoms with E-state index in [-0.39, 0.29) is 37.2 Å². The van der Waals surface area contributed by atoms with Crippen molar-refractivity contribution < 1.29 is 20.1 Å². The minimum atomic E-state index is -0.373. The molecule has 1 aliphatic heterocycles. The number of fused-ring (bicyclic) bond motifs is 3. The van der Waals surface area contributed by atoms with Crippen molar-refractivity contribution in [2.75, 3.05) is 31.1 Å². The van der Waals surface area contributed by atoms with E-state index >= 15 is 0 Å². The van der Waals surface area contributed by atoms with Gasteiger partial charge in [-0.05, 0) is 63.9 Å². The van der Waals surface area contributed by atoms with Gasteiger partial charge in [-0.1, -0.05) is 12.1 Å². The average Bonchev–Trinajstić information content (AvgIpc) is 3.07. The van der Waals surface area contributed by atoms with Crippen LogP contribution in [0.15, 0.2) is 29.1 Å². The van der Waals surface area contributed by atoms with Gasteiger partial charge in [-0.25, -0.2) is 0 Å². The van der Waals surface area contributed by atoms with E-state index in [4.69, 9.17) is 0 Å². The maximum atomic E-state index is 13.3. The van der Waals surface area contributed by atoms with Crippen LogP contribution in [-0.4, -0.2) is 47.4 Å². The summed E-state index contributed by atoms with van der Waals surface area (Å²) in [6, 6.07) is 6.82. The highest BCUT2D eigenvalue weighted by Gasteiger charge is 2.28. The molecule has 1 unspecified atom stereocenters. The normalized spacial score (nSPS) is 17.7. The minimum absolute atomic E-state index is 0.114. The number of nitrogens with one attached hydrogen (secondary N) is 2. The molecule has 2 aromatic carbocycles. The molecule has 0 spiro atoms. The number of carbonyl (C=O) groups is 1. The van der Waals surface area contributed by atoms with Gasteiger partial charge in [0.1, 0.15) is 0 Å².